The highest BCUT2D eigenvalue weighted by Crippen LogP contribution is 2.37. The Morgan fingerprint density at radius 2 is 1.88 bits per heavy atom. The van der Waals surface area contributed by atoms with Gasteiger partial charge in [0.2, 0.25) is 5.91 Å². The number of nitrogens with zero attached hydrogens (tertiary/aromatic N) is 1. The number of nitrogens with one attached hydrogen (secondary N) is 1. The van der Waals surface area contributed by atoms with Crippen LogP contribution in [0, 0.1) is 0 Å². The number of hydrogen-bond donors (Lipinski definition) is 1. The molecule has 172 valence electrons. The molecule has 33 heavy (non-hydrogen) atoms. The van der Waals surface area contributed by atoms with Gasteiger partial charge in [0.25, 0.3) is 11.1 Å². The molecule has 2 aromatic rings. The molecule has 0 aromatic heterocycles. The molecule has 1 aliphatic rings. The topological polar surface area (TPSA) is 111 Å². The normalized spacial score (nSPS) is 14.4. The molecule has 3 amide bonds. The number of imide groups is 1. The summed E-state index contributed by atoms with van der Waals surface area (Å²) in [7, 11) is 2.67. The highest BCUT2D eigenvalue weighted by molar-refractivity contribution is 9.10. The van der Waals surface area contributed by atoms with Gasteiger partial charge in [-0.25, -0.2) is 4.79 Å². The van der Waals surface area contributed by atoms with E-state index < -0.39 is 29.6 Å². The average molecular weight is 535 g/mol. The molecule has 0 radical (unpaired) electrons. The van der Waals surface area contributed by atoms with E-state index in [4.69, 9.17) is 9.47 Å². The number of carbonyl (C=O) groups excluding carboxylic acids is 4. The van der Waals surface area contributed by atoms with Gasteiger partial charge >= 0.3 is 5.97 Å². The number of methoxy groups -OCH3 is 2. The van der Waals surface area contributed by atoms with Crippen LogP contribution in [0.5, 0.6) is 11.5 Å². The minimum atomic E-state index is -0.617. The Morgan fingerprint density at radius 1 is 1.12 bits per heavy atom. The molecule has 1 aliphatic heterocycles. The predicted octanol–water partition coefficient (Wildman–Crippen LogP) is 3.68. The van der Waals surface area contributed by atoms with Crippen LogP contribution in [0.3, 0.4) is 0 Å². The standard InChI is InChI=1S/C22H19BrN2O7S/c1-30-16-9-5-6-13(20(16)32-12-19(27)31-2)10-17-21(28)25(22(29)33-17)11-18(26)24-15-8-4-3-7-14(15)23/h3-10H,11-12H2,1-2H3,(H,24,26)/b17-10+. The van der Waals surface area contributed by atoms with Crippen molar-refractivity contribution in [3.8, 4) is 11.5 Å². The van der Waals surface area contributed by atoms with Crippen LogP contribution in [0.15, 0.2) is 51.8 Å². The van der Waals surface area contributed by atoms with E-state index in [0.29, 0.717) is 33.2 Å². The number of ether oxygens (including phenoxy) is 3. The Balaban J connectivity index is 1.78. The molecule has 0 spiro atoms. The lowest BCUT2D eigenvalue weighted by molar-refractivity contribution is -0.143. The quantitative estimate of drug-likeness (QED) is 0.403. The van der Waals surface area contributed by atoms with Crippen LogP contribution in [-0.4, -0.2) is 55.3 Å². The van der Waals surface area contributed by atoms with Crippen LogP contribution in [0.1, 0.15) is 5.56 Å². The summed E-state index contributed by atoms with van der Waals surface area (Å²) in [4.78, 5) is 50.1. The van der Waals surface area contributed by atoms with Crippen molar-refractivity contribution < 1.29 is 33.4 Å². The lowest BCUT2D eigenvalue weighted by Gasteiger charge is -2.14. The monoisotopic (exact) mass is 534 g/mol. The third kappa shape index (κ3) is 5.93. The molecule has 1 N–H and O–H groups in total. The van der Waals surface area contributed by atoms with Gasteiger partial charge in [-0.05, 0) is 52.0 Å². The van der Waals surface area contributed by atoms with Gasteiger partial charge in [0.05, 0.1) is 24.8 Å². The highest BCUT2D eigenvalue weighted by Gasteiger charge is 2.36. The van der Waals surface area contributed by atoms with Crippen LogP contribution in [0.2, 0.25) is 0 Å². The fourth-order valence-corrected chi connectivity index (χ4v) is 4.04. The largest absolute Gasteiger partial charge is 0.493 e. The fraction of sp³-hybridized carbons (Fsp3) is 0.182. The lowest BCUT2D eigenvalue weighted by Crippen LogP contribution is -2.36. The van der Waals surface area contributed by atoms with Crippen LogP contribution >= 0.6 is 27.7 Å². The van der Waals surface area contributed by atoms with Crippen molar-refractivity contribution in [2.75, 3.05) is 32.7 Å². The molecule has 1 heterocycles. The second kappa shape index (κ2) is 11.0. The van der Waals surface area contributed by atoms with Crippen molar-refractivity contribution in [1.82, 2.24) is 4.90 Å². The molecule has 0 bridgehead atoms. The summed E-state index contributed by atoms with van der Waals surface area (Å²) in [6.45, 7) is -0.804. The lowest BCUT2D eigenvalue weighted by atomic mass is 10.1. The van der Waals surface area contributed by atoms with E-state index in [-0.39, 0.29) is 17.3 Å². The molecule has 1 saturated heterocycles. The zero-order valence-electron chi connectivity index (χ0n) is 17.6. The van der Waals surface area contributed by atoms with Gasteiger partial charge in [-0.1, -0.05) is 24.3 Å². The van der Waals surface area contributed by atoms with E-state index in [1.54, 1.807) is 42.5 Å². The highest BCUT2D eigenvalue weighted by atomic mass is 79.9. The molecule has 0 aliphatic carbocycles. The summed E-state index contributed by atoms with van der Waals surface area (Å²) >= 11 is 4.03. The van der Waals surface area contributed by atoms with Crippen molar-refractivity contribution >= 4 is 62.5 Å². The zero-order chi connectivity index (χ0) is 24.0. The summed E-state index contributed by atoms with van der Waals surface area (Å²) in [6.07, 6.45) is 1.45. The number of esters is 1. The molecular weight excluding hydrogens is 516 g/mol. The number of anilines is 1. The summed E-state index contributed by atoms with van der Waals surface area (Å²) in [5.41, 5.74) is 0.940. The van der Waals surface area contributed by atoms with Crippen LogP contribution in [-0.2, 0) is 19.1 Å². The van der Waals surface area contributed by atoms with Gasteiger partial charge in [0.15, 0.2) is 18.1 Å². The van der Waals surface area contributed by atoms with Crippen LogP contribution in [0.4, 0.5) is 10.5 Å². The third-order valence-corrected chi connectivity index (χ3v) is 6.00. The maximum atomic E-state index is 12.8. The molecule has 0 unspecified atom stereocenters. The number of carbonyl (C=O) groups is 4. The summed E-state index contributed by atoms with van der Waals surface area (Å²) in [5, 5.41) is 2.08. The third-order valence-electron chi connectivity index (χ3n) is 4.40. The van der Waals surface area contributed by atoms with Gasteiger partial charge in [0, 0.05) is 10.0 Å². The Labute approximate surface area is 202 Å². The molecule has 0 atom stereocenters. The van der Waals surface area contributed by atoms with Crippen molar-refractivity contribution in [1.29, 1.82) is 0 Å². The molecule has 3 rings (SSSR count). The molecule has 1 fully saturated rings. The fourth-order valence-electron chi connectivity index (χ4n) is 2.83. The maximum absolute atomic E-state index is 12.8. The zero-order valence-corrected chi connectivity index (χ0v) is 20.0. The molecule has 11 heteroatoms. The van der Waals surface area contributed by atoms with E-state index >= 15 is 0 Å². The first kappa shape index (κ1) is 24.3. The first-order chi connectivity index (χ1) is 15.8. The smallest absolute Gasteiger partial charge is 0.343 e. The number of para-hydroxylation sites is 2. The molecule has 0 saturated carbocycles. The number of rotatable bonds is 8. The van der Waals surface area contributed by atoms with Gasteiger partial charge in [-0.2, -0.15) is 0 Å². The Bertz CT molecular complexity index is 1140. The van der Waals surface area contributed by atoms with E-state index in [0.717, 1.165) is 4.90 Å². The van der Waals surface area contributed by atoms with Crippen molar-refractivity contribution in [2.45, 2.75) is 0 Å². The first-order valence-electron chi connectivity index (χ1n) is 9.50. The first-order valence-corrected chi connectivity index (χ1v) is 11.1. The van der Waals surface area contributed by atoms with E-state index in [1.807, 2.05) is 0 Å². The van der Waals surface area contributed by atoms with Crippen molar-refractivity contribution in [3.05, 3.63) is 57.4 Å². The predicted molar refractivity (Wildman–Crippen MR) is 126 cm³/mol. The second-order valence-corrected chi connectivity index (χ2v) is 8.39. The summed E-state index contributed by atoms with van der Waals surface area (Å²) in [5.74, 6) is -1.19. The Kier molecular flexibility index (Phi) is 8.12. The van der Waals surface area contributed by atoms with Gasteiger partial charge < -0.3 is 19.5 Å². The van der Waals surface area contributed by atoms with E-state index in [1.165, 1.54) is 20.3 Å². The summed E-state index contributed by atoms with van der Waals surface area (Å²) in [6, 6.07) is 11.9. The average Bonchev–Trinajstić information content (AvgIpc) is 3.06. The SMILES string of the molecule is COC(=O)COc1c(/C=C2/SC(=O)N(CC(=O)Nc3ccccc3Br)C2=O)cccc1OC. The number of amides is 3. The number of thioether (sulfide) groups is 1. The van der Waals surface area contributed by atoms with Gasteiger partial charge in [0.1, 0.15) is 6.54 Å². The Morgan fingerprint density at radius 3 is 2.58 bits per heavy atom. The Hall–Kier alpha value is -3.31. The number of halogens is 1. The summed E-state index contributed by atoms with van der Waals surface area (Å²) < 4.78 is 16.0. The van der Waals surface area contributed by atoms with Crippen LogP contribution in [0.25, 0.3) is 6.08 Å². The minimum Gasteiger partial charge on any atom is -0.493 e. The van der Waals surface area contributed by atoms with Gasteiger partial charge in [-0.3, -0.25) is 19.3 Å². The molecule has 2 aromatic carbocycles. The van der Waals surface area contributed by atoms with E-state index in [2.05, 4.69) is 26.0 Å². The maximum Gasteiger partial charge on any atom is 0.343 e. The van der Waals surface area contributed by atoms with Crippen molar-refractivity contribution in [2.24, 2.45) is 0 Å². The number of benzene rings is 2. The minimum absolute atomic E-state index is 0.102. The van der Waals surface area contributed by atoms with Crippen LogP contribution < -0.4 is 14.8 Å². The number of hydrogen-bond acceptors (Lipinski definition) is 8. The van der Waals surface area contributed by atoms with E-state index in [9.17, 15) is 19.2 Å². The second-order valence-electron chi connectivity index (χ2n) is 6.54. The van der Waals surface area contributed by atoms with Gasteiger partial charge in [-0.15, -0.1) is 0 Å². The molecule has 9 nitrogen and oxygen atoms in total. The van der Waals surface area contributed by atoms with Crippen molar-refractivity contribution in [3.63, 3.8) is 0 Å². The molecular formula is C22H19BrN2O7S.